The summed E-state index contributed by atoms with van der Waals surface area (Å²) in [6.07, 6.45) is 2.71. The number of halogens is 1. The molecule has 0 fully saturated rings. The highest BCUT2D eigenvalue weighted by molar-refractivity contribution is 9.10. The maximum atomic E-state index is 12.1. The molecule has 4 heteroatoms. The fourth-order valence-corrected chi connectivity index (χ4v) is 3.26. The molecule has 0 aliphatic heterocycles. The van der Waals surface area contributed by atoms with Crippen LogP contribution in [-0.4, -0.2) is 10.6 Å². The standard InChI is InChI=1S/C20H21BrN2O/c1-20(2)12-17(19(21)18(24)13-20)23-16-10-8-15(9-11-16)22-14-6-4-3-5-7-14/h3-12,19,22-23H,13H2,1-2H3. The third kappa shape index (κ3) is 4.06. The van der Waals surface area contributed by atoms with Crippen LogP contribution in [0.5, 0.6) is 0 Å². The van der Waals surface area contributed by atoms with Crippen LogP contribution in [0, 0.1) is 5.41 Å². The molecule has 3 nitrogen and oxygen atoms in total. The zero-order valence-electron chi connectivity index (χ0n) is 13.8. The van der Waals surface area contributed by atoms with Gasteiger partial charge in [-0.05, 0) is 41.8 Å². The number of alkyl halides is 1. The number of benzene rings is 2. The van der Waals surface area contributed by atoms with Crippen LogP contribution in [0.2, 0.25) is 0 Å². The minimum Gasteiger partial charge on any atom is -0.358 e. The molecule has 0 saturated heterocycles. The quantitative estimate of drug-likeness (QED) is 0.684. The predicted octanol–water partition coefficient (Wildman–Crippen LogP) is 5.49. The molecule has 2 aromatic carbocycles. The number of para-hydroxylation sites is 1. The van der Waals surface area contributed by atoms with Crippen LogP contribution in [0.1, 0.15) is 20.3 Å². The second-order valence-electron chi connectivity index (χ2n) is 6.79. The molecule has 124 valence electrons. The van der Waals surface area contributed by atoms with Gasteiger partial charge in [0.05, 0.1) is 0 Å². The van der Waals surface area contributed by atoms with Crippen LogP contribution >= 0.6 is 15.9 Å². The van der Waals surface area contributed by atoms with Gasteiger partial charge in [0.25, 0.3) is 0 Å². The Morgan fingerprint density at radius 2 is 1.46 bits per heavy atom. The van der Waals surface area contributed by atoms with Crippen molar-refractivity contribution in [1.29, 1.82) is 0 Å². The van der Waals surface area contributed by atoms with Gasteiger partial charge in [-0.3, -0.25) is 4.79 Å². The van der Waals surface area contributed by atoms with Gasteiger partial charge in [-0.2, -0.15) is 0 Å². The van der Waals surface area contributed by atoms with Gasteiger partial charge in [-0.25, -0.2) is 0 Å². The number of ketones is 1. The Kier molecular flexibility index (Phi) is 4.76. The lowest BCUT2D eigenvalue weighted by Gasteiger charge is -2.30. The molecular weight excluding hydrogens is 364 g/mol. The Morgan fingerprint density at radius 1 is 0.917 bits per heavy atom. The SMILES string of the molecule is CC1(C)C=C(Nc2ccc(Nc3ccccc3)cc2)C(Br)C(=O)C1. The molecule has 1 aliphatic rings. The van der Waals surface area contributed by atoms with E-state index >= 15 is 0 Å². The number of allylic oxidation sites excluding steroid dienone is 2. The van der Waals surface area contributed by atoms with Crippen LogP contribution in [0.3, 0.4) is 0 Å². The van der Waals surface area contributed by atoms with Crippen molar-refractivity contribution < 1.29 is 4.79 Å². The second kappa shape index (κ2) is 6.81. The van der Waals surface area contributed by atoms with E-state index in [9.17, 15) is 4.79 Å². The molecule has 0 saturated carbocycles. The molecule has 1 unspecified atom stereocenters. The highest BCUT2D eigenvalue weighted by Crippen LogP contribution is 2.35. The molecular formula is C20H21BrN2O. The van der Waals surface area contributed by atoms with E-state index in [-0.39, 0.29) is 16.0 Å². The number of carbonyl (C=O) groups is 1. The molecule has 2 aromatic rings. The molecule has 3 rings (SSSR count). The fourth-order valence-electron chi connectivity index (χ4n) is 2.85. The van der Waals surface area contributed by atoms with Gasteiger partial charge in [0, 0.05) is 29.2 Å². The van der Waals surface area contributed by atoms with E-state index < -0.39 is 0 Å². The van der Waals surface area contributed by atoms with Gasteiger partial charge in [0.15, 0.2) is 5.78 Å². The number of hydrogen-bond acceptors (Lipinski definition) is 3. The molecule has 24 heavy (non-hydrogen) atoms. The number of anilines is 3. The van der Waals surface area contributed by atoms with Gasteiger partial charge in [0.1, 0.15) is 4.83 Å². The maximum Gasteiger partial charge on any atom is 0.153 e. The molecule has 0 bridgehead atoms. The van der Waals surface area contributed by atoms with Crippen LogP contribution in [0.15, 0.2) is 66.4 Å². The number of nitrogens with one attached hydrogen (secondary N) is 2. The van der Waals surface area contributed by atoms with Gasteiger partial charge in [-0.15, -0.1) is 0 Å². The van der Waals surface area contributed by atoms with Crippen molar-refractivity contribution in [3.8, 4) is 0 Å². The monoisotopic (exact) mass is 384 g/mol. The first-order valence-corrected chi connectivity index (χ1v) is 8.93. The van der Waals surface area contributed by atoms with E-state index in [1.807, 2.05) is 54.6 Å². The molecule has 0 radical (unpaired) electrons. The predicted molar refractivity (Wildman–Crippen MR) is 104 cm³/mol. The van der Waals surface area contributed by atoms with Gasteiger partial charge in [0.2, 0.25) is 0 Å². The van der Waals surface area contributed by atoms with Crippen LogP contribution < -0.4 is 10.6 Å². The molecule has 1 aliphatic carbocycles. The maximum absolute atomic E-state index is 12.1. The number of carbonyl (C=O) groups excluding carboxylic acids is 1. The summed E-state index contributed by atoms with van der Waals surface area (Å²) in [7, 11) is 0. The second-order valence-corrected chi connectivity index (χ2v) is 7.70. The van der Waals surface area contributed by atoms with Crippen molar-refractivity contribution in [3.63, 3.8) is 0 Å². The molecule has 0 amide bonds. The average molecular weight is 385 g/mol. The van der Waals surface area contributed by atoms with Crippen molar-refractivity contribution in [2.75, 3.05) is 10.6 Å². The topological polar surface area (TPSA) is 41.1 Å². The largest absolute Gasteiger partial charge is 0.358 e. The highest BCUT2D eigenvalue weighted by Gasteiger charge is 2.32. The normalized spacial score (nSPS) is 19.5. The van der Waals surface area contributed by atoms with E-state index in [0.29, 0.717) is 6.42 Å². The lowest BCUT2D eigenvalue weighted by Crippen LogP contribution is -2.32. The summed E-state index contributed by atoms with van der Waals surface area (Å²) in [5, 5.41) is 6.73. The molecule has 0 heterocycles. The van der Waals surface area contributed by atoms with Crippen molar-refractivity contribution in [3.05, 3.63) is 66.4 Å². The minimum atomic E-state index is -0.257. The summed E-state index contributed by atoms with van der Waals surface area (Å²) in [4.78, 5) is 11.9. The van der Waals surface area contributed by atoms with E-state index in [2.05, 4.69) is 46.5 Å². The van der Waals surface area contributed by atoms with Crippen LogP contribution in [0.4, 0.5) is 17.1 Å². The Hall–Kier alpha value is -2.07. The summed E-state index contributed by atoms with van der Waals surface area (Å²) < 4.78 is 0. The van der Waals surface area contributed by atoms with Crippen LogP contribution in [0.25, 0.3) is 0 Å². The highest BCUT2D eigenvalue weighted by atomic mass is 79.9. The first kappa shape index (κ1) is 16.8. The van der Waals surface area contributed by atoms with E-state index in [0.717, 1.165) is 22.8 Å². The average Bonchev–Trinajstić information content (AvgIpc) is 2.54. The molecule has 0 spiro atoms. The smallest absolute Gasteiger partial charge is 0.153 e. The summed E-state index contributed by atoms with van der Waals surface area (Å²) in [5.41, 5.74) is 3.85. The van der Waals surface area contributed by atoms with Crippen molar-refractivity contribution in [2.45, 2.75) is 25.1 Å². The fraction of sp³-hybridized carbons (Fsp3) is 0.250. The molecule has 0 aromatic heterocycles. The summed E-state index contributed by atoms with van der Waals surface area (Å²) in [6.45, 7) is 4.16. The number of hydrogen-bond donors (Lipinski definition) is 2. The molecule has 2 N–H and O–H groups in total. The van der Waals surface area contributed by atoms with E-state index in [4.69, 9.17) is 0 Å². The van der Waals surface area contributed by atoms with E-state index in [1.165, 1.54) is 0 Å². The van der Waals surface area contributed by atoms with Crippen molar-refractivity contribution >= 4 is 38.8 Å². The summed E-state index contributed by atoms with van der Waals surface area (Å²) >= 11 is 3.50. The first-order valence-electron chi connectivity index (χ1n) is 8.02. The Morgan fingerprint density at radius 3 is 2.08 bits per heavy atom. The van der Waals surface area contributed by atoms with Gasteiger partial charge < -0.3 is 10.6 Å². The van der Waals surface area contributed by atoms with Crippen LogP contribution in [-0.2, 0) is 4.79 Å². The zero-order chi connectivity index (χ0) is 17.2. The van der Waals surface area contributed by atoms with Gasteiger partial charge in [-0.1, -0.05) is 54.1 Å². The molecule has 1 atom stereocenters. The number of rotatable bonds is 4. The third-order valence-corrected chi connectivity index (χ3v) is 4.97. The number of Topliss-reactive ketones (excluding diaryl/α,β-unsaturated/α-hetero) is 1. The Bertz CT molecular complexity index is 751. The zero-order valence-corrected chi connectivity index (χ0v) is 15.4. The summed E-state index contributed by atoms with van der Waals surface area (Å²) in [5.74, 6) is 0.215. The Labute approximate surface area is 151 Å². The van der Waals surface area contributed by atoms with E-state index in [1.54, 1.807) is 0 Å². The lowest BCUT2D eigenvalue weighted by atomic mass is 9.81. The lowest BCUT2D eigenvalue weighted by molar-refractivity contribution is -0.119. The Balaban J connectivity index is 1.72. The third-order valence-electron chi connectivity index (χ3n) is 3.97. The minimum absolute atomic E-state index is 0.113. The first-order chi connectivity index (χ1) is 11.4. The van der Waals surface area contributed by atoms with Gasteiger partial charge >= 0.3 is 0 Å². The van der Waals surface area contributed by atoms with Crippen molar-refractivity contribution in [2.24, 2.45) is 5.41 Å². The summed E-state index contributed by atoms with van der Waals surface area (Å²) in [6, 6.07) is 18.1. The van der Waals surface area contributed by atoms with Crippen molar-refractivity contribution in [1.82, 2.24) is 0 Å².